The van der Waals surface area contributed by atoms with Gasteiger partial charge >= 0.3 is 12.4 Å². The fourth-order valence-electron chi connectivity index (χ4n) is 4.27. The van der Waals surface area contributed by atoms with Crippen LogP contribution in [0.5, 0.6) is 0 Å². The molecule has 2 aromatic heterocycles. The second-order valence-corrected chi connectivity index (χ2v) is 9.38. The summed E-state index contributed by atoms with van der Waals surface area (Å²) in [4.78, 5) is 17.1. The minimum Gasteiger partial charge on any atom is -0.371 e. The number of amides is 1. The topological polar surface area (TPSA) is 45.2 Å². The maximum Gasteiger partial charge on any atom is 0.433 e. The van der Waals surface area contributed by atoms with Gasteiger partial charge in [-0.25, -0.2) is 4.98 Å². The van der Waals surface area contributed by atoms with E-state index >= 15 is 0 Å². The molecule has 1 aliphatic carbocycles. The van der Waals surface area contributed by atoms with Crippen LogP contribution in [0, 0.1) is 0 Å². The van der Waals surface area contributed by atoms with Crippen LogP contribution in [-0.2, 0) is 12.4 Å². The summed E-state index contributed by atoms with van der Waals surface area (Å²) in [6, 6.07) is 9.50. The predicted molar refractivity (Wildman–Crippen MR) is 118 cm³/mol. The third kappa shape index (κ3) is 5.13. The SMILES string of the molecule is CN(c1cc(C(F)(F)F)nc2ccccc12)C1CCC(NC(=O)c2ccc(C(F)(F)F)s2)CC1. The molecule has 0 spiro atoms. The molecule has 0 unspecified atom stereocenters. The lowest BCUT2D eigenvalue weighted by Gasteiger charge is -2.36. The van der Waals surface area contributed by atoms with Crippen molar-refractivity contribution in [1.82, 2.24) is 10.3 Å². The summed E-state index contributed by atoms with van der Waals surface area (Å²) in [6.45, 7) is 0. The quantitative estimate of drug-likeness (QED) is 0.415. The summed E-state index contributed by atoms with van der Waals surface area (Å²) >= 11 is 0.401. The van der Waals surface area contributed by atoms with Crippen molar-refractivity contribution in [1.29, 1.82) is 0 Å². The summed E-state index contributed by atoms with van der Waals surface area (Å²) < 4.78 is 78.5. The fourth-order valence-corrected chi connectivity index (χ4v) is 5.04. The maximum atomic E-state index is 13.4. The van der Waals surface area contributed by atoms with E-state index in [1.165, 1.54) is 0 Å². The number of anilines is 1. The molecule has 1 amide bonds. The van der Waals surface area contributed by atoms with Crippen molar-refractivity contribution in [2.24, 2.45) is 0 Å². The molecule has 0 atom stereocenters. The minimum absolute atomic E-state index is 0.00509. The van der Waals surface area contributed by atoms with Gasteiger partial charge in [-0.3, -0.25) is 4.79 Å². The van der Waals surface area contributed by atoms with Crippen LogP contribution in [0.15, 0.2) is 42.5 Å². The minimum atomic E-state index is -4.57. The molecule has 1 aliphatic rings. The van der Waals surface area contributed by atoms with E-state index in [-0.39, 0.29) is 22.5 Å². The number of rotatable bonds is 4. The van der Waals surface area contributed by atoms with Crippen LogP contribution in [0.4, 0.5) is 32.0 Å². The molecule has 3 aromatic rings. The fraction of sp³-hybridized carbons (Fsp3) is 0.391. The molecule has 0 saturated heterocycles. The molecule has 1 aromatic carbocycles. The van der Waals surface area contributed by atoms with Gasteiger partial charge in [-0.05, 0) is 49.9 Å². The second kappa shape index (κ2) is 9.09. The summed E-state index contributed by atoms with van der Waals surface area (Å²) in [6.07, 6.45) is -6.72. The molecular weight excluding hydrogens is 480 g/mol. The first kappa shape index (κ1) is 24.3. The maximum absolute atomic E-state index is 13.4. The number of benzene rings is 1. The van der Waals surface area contributed by atoms with Gasteiger partial charge in [-0.15, -0.1) is 11.3 Å². The van der Waals surface area contributed by atoms with Crippen molar-refractivity contribution < 1.29 is 31.1 Å². The summed E-state index contributed by atoms with van der Waals surface area (Å²) in [7, 11) is 1.75. The van der Waals surface area contributed by atoms with Crippen LogP contribution in [0.1, 0.15) is 45.9 Å². The van der Waals surface area contributed by atoms with Gasteiger partial charge in [-0.1, -0.05) is 18.2 Å². The lowest BCUT2D eigenvalue weighted by Crippen LogP contribution is -2.42. The van der Waals surface area contributed by atoms with Crippen LogP contribution < -0.4 is 10.2 Å². The predicted octanol–water partition coefficient (Wildman–Crippen LogP) is 6.51. The van der Waals surface area contributed by atoms with Crippen molar-refractivity contribution in [2.45, 2.75) is 50.1 Å². The average molecular weight is 501 g/mol. The number of hydrogen-bond acceptors (Lipinski definition) is 4. The van der Waals surface area contributed by atoms with Crippen LogP contribution in [0.25, 0.3) is 10.9 Å². The van der Waals surface area contributed by atoms with Gasteiger partial charge in [0.05, 0.1) is 10.4 Å². The van der Waals surface area contributed by atoms with Crippen LogP contribution in [0.2, 0.25) is 0 Å². The lowest BCUT2D eigenvalue weighted by atomic mass is 9.89. The Bertz CT molecular complexity index is 1180. The zero-order chi connectivity index (χ0) is 24.7. The van der Waals surface area contributed by atoms with Gasteiger partial charge < -0.3 is 10.2 Å². The first-order valence-electron chi connectivity index (χ1n) is 10.6. The standard InChI is InChI=1S/C23H21F6N3OS/c1-32(17-12-19(22(24,25)26)31-16-5-3-2-4-15(16)17)14-8-6-13(7-9-14)30-21(33)18-10-11-20(34-18)23(27,28)29/h2-5,10-14H,6-9H2,1H3,(H,30,33). The highest BCUT2D eigenvalue weighted by molar-refractivity contribution is 7.14. The molecule has 11 heteroatoms. The van der Waals surface area contributed by atoms with Gasteiger partial charge in [0.25, 0.3) is 5.91 Å². The number of aromatic nitrogens is 1. The number of para-hydroxylation sites is 1. The average Bonchev–Trinajstić information content (AvgIpc) is 3.29. The van der Waals surface area contributed by atoms with E-state index in [0.717, 1.165) is 18.2 Å². The van der Waals surface area contributed by atoms with E-state index in [4.69, 9.17) is 0 Å². The number of thiophene rings is 1. The number of nitrogens with one attached hydrogen (secondary N) is 1. The monoisotopic (exact) mass is 501 g/mol. The number of hydrogen-bond donors (Lipinski definition) is 1. The third-order valence-electron chi connectivity index (χ3n) is 6.05. The molecule has 0 radical (unpaired) electrons. The Morgan fingerprint density at radius 3 is 2.29 bits per heavy atom. The molecule has 4 nitrogen and oxygen atoms in total. The van der Waals surface area contributed by atoms with Crippen LogP contribution in [0.3, 0.4) is 0 Å². The van der Waals surface area contributed by atoms with Crippen LogP contribution in [-0.4, -0.2) is 30.0 Å². The van der Waals surface area contributed by atoms with Gasteiger partial charge in [0.1, 0.15) is 10.6 Å². The zero-order valence-electron chi connectivity index (χ0n) is 18.0. The Morgan fingerprint density at radius 2 is 1.68 bits per heavy atom. The van der Waals surface area contributed by atoms with E-state index in [9.17, 15) is 31.1 Å². The van der Waals surface area contributed by atoms with Gasteiger partial charge in [-0.2, -0.15) is 26.3 Å². The van der Waals surface area contributed by atoms with E-state index in [2.05, 4.69) is 10.3 Å². The number of fused-ring (bicyclic) bond motifs is 1. The Balaban J connectivity index is 1.44. The van der Waals surface area contributed by atoms with E-state index in [0.29, 0.717) is 48.1 Å². The molecule has 1 fully saturated rings. The van der Waals surface area contributed by atoms with Crippen molar-refractivity contribution in [2.75, 3.05) is 11.9 Å². The smallest absolute Gasteiger partial charge is 0.371 e. The first-order chi connectivity index (χ1) is 15.9. The number of carbonyl (C=O) groups is 1. The van der Waals surface area contributed by atoms with E-state index in [1.54, 1.807) is 31.3 Å². The molecule has 34 heavy (non-hydrogen) atoms. The summed E-state index contributed by atoms with van der Waals surface area (Å²) in [5.41, 5.74) is -0.263. The Labute approximate surface area is 195 Å². The molecule has 2 heterocycles. The van der Waals surface area contributed by atoms with Gasteiger partial charge in [0.15, 0.2) is 0 Å². The number of halogens is 6. The van der Waals surface area contributed by atoms with E-state index < -0.39 is 28.8 Å². The molecule has 4 rings (SSSR count). The number of carbonyl (C=O) groups excluding carboxylic acids is 1. The normalized spacial score (nSPS) is 19.3. The molecule has 0 aliphatic heterocycles. The molecule has 1 N–H and O–H groups in total. The van der Waals surface area contributed by atoms with Crippen molar-refractivity contribution >= 4 is 33.8 Å². The molecular formula is C23H21F6N3OS. The molecule has 182 valence electrons. The largest absolute Gasteiger partial charge is 0.433 e. The zero-order valence-corrected chi connectivity index (χ0v) is 18.8. The van der Waals surface area contributed by atoms with Gasteiger partial charge in [0.2, 0.25) is 0 Å². The number of nitrogens with zero attached hydrogens (tertiary/aromatic N) is 2. The Morgan fingerprint density at radius 1 is 1.00 bits per heavy atom. The highest BCUT2D eigenvalue weighted by Crippen LogP contribution is 2.37. The number of alkyl halides is 6. The van der Waals surface area contributed by atoms with E-state index in [1.807, 2.05) is 4.90 Å². The van der Waals surface area contributed by atoms with Crippen molar-refractivity contribution in [3.05, 3.63) is 57.9 Å². The van der Waals surface area contributed by atoms with Crippen LogP contribution >= 0.6 is 11.3 Å². The second-order valence-electron chi connectivity index (χ2n) is 8.29. The lowest BCUT2D eigenvalue weighted by molar-refractivity contribution is -0.141. The number of pyridine rings is 1. The Hall–Kier alpha value is -2.82. The third-order valence-corrected chi connectivity index (χ3v) is 7.18. The van der Waals surface area contributed by atoms with Gasteiger partial charge in [0, 0.05) is 30.2 Å². The van der Waals surface area contributed by atoms with Crippen molar-refractivity contribution in [3.8, 4) is 0 Å². The highest BCUT2D eigenvalue weighted by atomic mass is 32.1. The Kier molecular flexibility index (Phi) is 6.50. The summed E-state index contributed by atoms with van der Waals surface area (Å²) in [5, 5.41) is 3.40. The first-order valence-corrected chi connectivity index (χ1v) is 11.4. The molecule has 1 saturated carbocycles. The van der Waals surface area contributed by atoms with Crippen molar-refractivity contribution in [3.63, 3.8) is 0 Å². The molecule has 0 bridgehead atoms. The summed E-state index contributed by atoms with van der Waals surface area (Å²) in [5.74, 6) is -0.549. The highest BCUT2D eigenvalue weighted by Gasteiger charge is 2.35.